The molecule has 1 nitrogen and oxygen atoms in total. The second-order valence-electron chi connectivity index (χ2n) is 3.60. The first-order chi connectivity index (χ1) is 6.74. The molecule has 1 aromatic rings. The molecule has 0 amide bonds. The highest BCUT2D eigenvalue weighted by Gasteiger charge is 1.97. The SMILES string of the molecule is CSCCNCc1cc(C)ccc1C. The Morgan fingerprint density at radius 3 is 2.79 bits per heavy atom. The van der Waals surface area contributed by atoms with Crippen LogP contribution in [0.2, 0.25) is 0 Å². The van der Waals surface area contributed by atoms with Crippen molar-refractivity contribution in [1.29, 1.82) is 0 Å². The summed E-state index contributed by atoms with van der Waals surface area (Å²) in [7, 11) is 0. The molecule has 0 aliphatic heterocycles. The molecule has 0 aliphatic rings. The van der Waals surface area contributed by atoms with Gasteiger partial charge in [-0.05, 0) is 31.2 Å². The standard InChI is InChI=1S/C12H19NS/c1-10-4-5-11(2)12(8-10)9-13-6-7-14-3/h4-5,8,13H,6-7,9H2,1-3H3. The molecule has 0 atom stereocenters. The first-order valence-corrected chi connectivity index (χ1v) is 6.39. The Labute approximate surface area is 91.3 Å². The summed E-state index contributed by atoms with van der Waals surface area (Å²) in [4.78, 5) is 0. The van der Waals surface area contributed by atoms with Crippen molar-refractivity contribution in [2.45, 2.75) is 20.4 Å². The predicted octanol–water partition coefficient (Wildman–Crippen LogP) is 2.76. The van der Waals surface area contributed by atoms with E-state index in [4.69, 9.17) is 0 Å². The highest BCUT2D eigenvalue weighted by atomic mass is 32.2. The molecule has 14 heavy (non-hydrogen) atoms. The lowest BCUT2D eigenvalue weighted by Gasteiger charge is -2.08. The van der Waals surface area contributed by atoms with E-state index in [1.807, 2.05) is 11.8 Å². The van der Waals surface area contributed by atoms with Crippen LogP contribution < -0.4 is 5.32 Å². The van der Waals surface area contributed by atoms with Crippen LogP contribution in [0, 0.1) is 13.8 Å². The number of hydrogen-bond donors (Lipinski definition) is 1. The third-order valence-corrected chi connectivity index (χ3v) is 2.92. The van der Waals surface area contributed by atoms with E-state index in [0.29, 0.717) is 0 Å². The monoisotopic (exact) mass is 209 g/mol. The van der Waals surface area contributed by atoms with Crippen LogP contribution in [0.5, 0.6) is 0 Å². The first kappa shape index (κ1) is 11.6. The summed E-state index contributed by atoms with van der Waals surface area (Å²) in [6.45, 7) is 6.40. The highest BCUT2D eigenvalue weighted by molar-refractivity contribution is 7.98. The molecule has 0 saturated carbocycles. The molecule has 0 aromatic heterocycles. The van der Waals surface area contributed by atoms with Crippen molar-refractivity contribution in [1.82, 2.24) is 5.32 Å². The molecule has 1 rings (SSSR count). The van der Waals surface area contributed by atoms with Gasteiger partial charge in [-0.1, -0.05) is 23.8 Å². The van der Waals surface area contributed by atoms with Gasteiger partial charge in [0.25, 0.3) is 0 Å². The summed E-state index contributed by atoms with van der Waals surface area (Å²) >= 11 is 1.88. The van der Waals surface area contributed by atoms with E-state index < -0.39 is 0 Å². The van der Waals surface area contributed by atoms with Crippen molar-refractivity contribution in [3.63, 3.8) is 0 Å². The van der Waals surface area contributed by atoms with E-state index in [2.05, 4.69) is 43.6 Å². The molecule has 0 bridgehead atoms. The number of rotatable bonds is 5. The summed E-state index contributed by atoms with van der Waals surface area (Å²) in [5.74, 6) is 1.19. The van der Waals surface area contributed by atoms with Crippen molar-refractivity contribution in [3.05, 3.63) is 34.9 Å². The summed E-state index contributed by atoms with van der Waals surface area (Å²) in [5.41, 5.74) is 4.15. The summed E-state index contributed by atoms with van der Waals surface area (Å²) in [5, 5.41) is 3.45. The van der Waals surface area contributed by atoms with Gasteiger partial charge in [0.1, 0.15) is 0 Å². The Morgan fingerprint density at radius 1 is 1.29 bits per heavy atom. The Hall–Kier alpha value is -0.470. The van der Waals surface area contributed by atoms with Gasteiger partial charge in [0, 0.05) is 18.8 Å². The zero-order valence-corrected chi connectivity index (χ0v) is 10.1. The Morgan fingerprint density at radius 2 is 2.07 bits per heavy atom. The van der Waals surface area contributed by atoms with Crippen LogP contribution in [0.1, 0.15) is 16.7 Å². The zero-order valence-electron chi connectivity index (χ0n) is 9.26. The van der Waals surface area contributed by atoms with Crippen molar-refractivity contribution in [2.75, 3.05) is 18.6 Å². The molecular formula is C12H19NS. The number of hydrogen-bond acceptors (Lipinski definition) is 2. The Kier molecular flexibility index (Phi) is 5.05. The van der Waals surface area contributed by atoms with Crippen molar-refractivity contribution in [3.8, 4) is 0 Å². The minimum Gasteiger partial charge on any atom is -0.312 e. The van der Waals surface area contributed by atoms with Crippen LogP contribution in [0.25, 0.3) is 0 Å². The van der Waals surface area contributed by atoms with Gasteiger partial charge >= 0.3 is 0 Å². The Balaban J connectivity index is 2.45. The topological polar surface area (TPSA) is 12.0 Å². The van der Waals surface area contributed by atoms with Crippen LogP contribution in [0.4, 0.5) is 0 Å². The van der Waals surface area contributed by atoms with Crippen LogP contribution in [-0.4, -0.2) is 18.6 Å². The number of thioether (sulfide) groups is 1. The molecule has 0 saturated heterocycles. The fourth-order valence-corrected chi connectivity index (χ4v) is 1.74. The van der Waals surface area contributed by atoms with Gasteiger partial charge in [0.15, 0.2) is 0 Å². The maximum Gasteiger partial charge on any atom is 0.0208 e. The van der Waals surface area contributed by atoms with Crippen molar-refractivity contribution in [2.24, 2.45) is 0 Å². The fraction of sp³-hybridized carbons (Fsp3) is 0.500. The van der Waals surface area contributed by atoms with Gasteiger partial charge in [0.2, 0.25) is 0 Å². The van der Waals surface area contributed by atoms with Gasteiger partial charge in [-0.15, -0.1) is 0 Å². The van der Waals surface area contributed by atoms with E-state index >= 15 is 0 Å². The largest absolute Gasteiger partial charge is 0.312 e. The molecule has 0 fully saturated rings. The Bertz CT molecular complexity index is 284. The summed E-state index contributed by atoms with van der Waals surface area (Å²) < 4.78 is 0. The van der Waals surface area contributed by atoms with E-state index in [1.165, 1.54) is 22.4 Å². The van der Waals surface area contributed by atoms with Gasteiger partial charge < -0.3 is 5.32 Å². The maximum atomic E-state index is 3.45. The van der Waals surface area contributed by atoms with Gasteiger partial charge in [-0.2, -0.15) is 11.8 Å². The minimum absolute atomic E-state index is 0.994. The maximum absolute atomic E-state index is 3.45. The molecule has 0 unspecified atom stereocenters. The molecular weight excluding hydrogens is 190 g/mol. The second kappa shape index (κ2) is 6.10. The highest BCUT2D eigenvalue weighted by Crippen LogP contribution is 2.09. The number of aryl methyl sites for hydroxylation is 2. The van der Waals surface area contributed by atoms with Crippen molar-refractivity contribution >= 4 is 11.8 Å². The van der Waals surface area contributed by atoms with Gasteiger partial charge in [-0.3, -0.25) is 0 Å². The van der Waals surface area contributed by atoms with Crippen LogP contribution >= 0.6 is 11.8 Å². The van der Waals surface area contributed by atoms with Crippen LogP contribution in [0.15, 0.2) is 18.2 Å². The molecule has 0 radical (unpaired) electrons. The quantitative estimate of drug-likeness (QED) is 0.748. The van der Waals surface area contributed by atoms with E-state index in [1.54, 1.807) is 0 Å². The van der Waals surface area contributed by atoms with Crippen LogP contribution in [-0.2, 0) is 6.54 Å². The van der Waals surface area contributed by atoms with Gasteiger partial charge in [-0.25, -0.2) is 0 Å². The third-order valence-electron chi connectivity index (χ3n) is 2.30. The van der Waals surface area contributed by atoms with Gasteiger partial charge in [0.05, 0.1) is 0 Å². The second-order valence-corrected chi connectivity index (χ2v) is 4.59. The lowest BCUT2D eigenvalue weighted by Crippen LogP contribution is -2.17. The molecule has 0 heterocycles. The lowest BCUT2D eigenvalue weighted by atomic mass is 10.1. The molecule has 2 heteroatoms. The average Bonchev–Trinajstić information content (AvgIpc) is 2.18. The van der Waals surface area contributed by atoms with E-state index in [9.17, 15) is 0 Å². The predicted molar refractivity (Wildman–Crippen MR) is 66.0 cm³/mol. The number of benzene rings is 1. The molecule has 0 spiro atoms. The molecule has 78 valence electrons. The summed E-state index contributed by atoms with van der Waals surface area (Å²) in [6, 6.07) is 6.63. The zero-order chi connectivity index (χ0) is 10.4. The van der Waals surface area contributed by atoms with E-state index in [-0.39, 0.29) is 0 Å². The fourth-order valence-electron chi connectivity index (χ4n) is 1.39. The number of nitrogens with one attached hydrogen (secondary N) is 1. The molecule has 0 aliphatic carbocycles. The smallest absolute Gasteiger partial charge is 0.0208 e. The molecule has 1 N–H and O–H groups in total. The van der Waals surface area contributed by atoms with Crippen molar-refractivity contribution < 1.29 is 0 Å². The lowest BCUT2D eigenvalue weighted by molar-refractivity contribution is 0.728. The van der Waals surface area contributed by atoms with E-state index in [0.717, 1.165) is 13.1 Å². The molecule has 1 aromatic carbocycles. The normalized spacial score (nSPS) is 10.5. The third kappa shape index (κ3) is 3.72. The summed E-state index contributed by atoms with van der Waals surface area (Å²) in [6.07, 6.45) is 2.14. The average molecular weight is 209 g/mol. The first-order valence-electron chi connectivity index (χ1n) is 5.00. The van der Waals surface area contributed by atoms with Crippen LogP contribution in [0.3, 0.4) is 0 Å². The minimum atomic E-state index is 0.994.